The van der Waals surface area contributed by atoms with Crippen molar-refractivity contribution >= 4 is 5.97 Å². The second-order valence-corrected chi connectivity index (χ2v) is 6.85. The molecule has 0 radical (unpaired) electrons. The van der Waals surface area contributed by atoms with Gasteiger partial charge in [-0.2, -0.15) is 0 Å². The van der Waals surface area contributed by atoms with E-state index in [1.807, 2.05) is 59.5 Å². The number of ether oxygens (including phenoxy) is 1. The summed E-state index contributed by atoms with van der Waals surface area (Å²) in [7, 11) is 1.62. The Bertz CT molecular complexity index is 739. The van der Waals surface area contributed by atoms with Gasteiger partial charge in [0.2, 0.25) is 0 Å². The Kier molecular flexibility index (Phi) is 5.71. The SMILES string of the molecule is COCc1cccc([C@@H](C(=O)O)N2CCC(O)(c3ccccc3)CC2)c1. The van der Waals surface area contributed by atoms with Crippen LogP contribution in [-0.4, -0.2) is 41.3 Å². The van der Waals surface area contributed by atoms with Gasteiger partial charge in [0.1, 0.15) is 6.04 Å². The molecule has 0 unspecified atom stereocenters. The number of piperidine rings is 1. The number of carboxylic acids is 1. The van der Waals surface area contributed by atoms with Crippen LogP contribution in [0, 0.1) is 0 Å². The van der Waals surface area contributed by atoms with Crippen molar-refractivity contribution in [2.75, 3.05) is 20.2 Å². The van der Waals surface area contributed by atoms with Crippen LogP contribution in [0.1, 0.15) is 35.6 Å². The topological polar surface area (TPSA) is 70.0 Å². The standard InChI is InChI=1S/C21H25NO4/c1-26-15-16-6-5-7-17(14-16)19(20(23)24)22-12-10-21(25,11-13-22)18-8-3-2-4-9-18/h2-9,14,19,25H,10-13,15H2,1H3,(H,23,24)/t19-/m0/s1. The summed E-state index contributed by atoms with van der Waals surface area (Å²) in [5, 5.41) is 20.8. The maximum atomic E-state index is 12.0. The predicted molar refractivity (Wildman–Crippen MR) is 98.7 cm³/mol. The Morgan fingerprint density at radius 1 is 1.15 bits per heavy atom. The van der Waals surface area contributed by atoms with Gasteiger partial charge in [0.25, 0.3) is 0 Å². The van der Waals surface area contributed by atoms with Gasteiger partial charge in [-0.25, -0.2) is 0 Å². The average molecular weight is 355 g/mol. The first-order valence-electron chi connectivity index (χ1n) is 8.86. The molecule has 3 rings (SSSR count). The van der Waals surface area contributed by atoms with Crippen molar-refractivity contribution in [3.05, 3.63) is 71.3 Å². The van der Waals surface area contributed by atoms with Gasteiger partial charge in [-0.05, 0) is 29.5 Å². The van der Waals surface area contributed by atoms with Gasteiger partial charge < -0.3 is 14.9 Å². The fourth-order valence-electron chi connectivity index (χ4n) is 3.72. The summed E-state index contributed by atoms with van der Waals surface area (Å²) in [6.07, 6.45) is 1.02. The number of methoxy groups -OCH3 is 1. The number of nitrogens with zero attached hydrogens (tertiary/aromatic N) is 1. The van der Waals surface area contributed by atoms with E-state index in [2.05, 4.69) is 0 Å². The lowest BCUT2D eigenvalue weighted by Gasteiger charge is -2.41. The molecule has 0 amide bonds. The molecule has 0 saturated carbocycles. The highest BCUT2D eigenvalue weighted by molar-refractivity contribution is 5.75. The zero-order valence-electron chi connectivity index (χ0n) is 15.0. The van der Waals surface area contributed by atoms with E-state index >= 15 is 0 Å². The minimum absolute atomic E-state index is 0.452. The van der Waals surface area contributed by atoms with Crippen LogP contribution in [0.3, 0.4) is 0 Å². The van der Waals surface area contributed by atoms with Crippen LogP contribution >= 0.6 is 0 Å². The molecule has 138 valence electrons. The van der Waals surface area contributed by atoms with Gasteiger partial charge >= 0.3 is 5.97 Å². The Morgan fingerprint density at radius 3 is 2.46 bits per heavy atom. The van der Waals surface area contributed by atoms with Crippen LogP contribution in [0.4, 0.5) is 0 Å². The van der Waals surface area contributed by atoms with Gasteiger partial charge in [-0.15, -0.1) is 0 Å². The lowest BCUT2D eigenvalue weighted by atomic mass is 9.83. The first-order valence-corrected chi connectivity index (χ1v) is 8.86. The van der Waals surface area contributed by atoms with Gasteiger partial charge in [0, 0.05) is 20.2 Å². The Morgan fingerprint density at radius 2 is 1.85 bits per heavy atom. The number of carbonyl (C=O) groups is 1. The normalized spacial score (nSPS) is 18.4. The van der Waals surface area contributed by atoms with Gasteiger partial charge in [-0.3, -0.25) is 9.69 Å². The van der Waals surface area contributed by atoms with E-state index in [0.29, 0.717) is 32.5 Å². The first-order chi connectivity index (χ1) is 12.5. The molecular weight excluding hydrogens is 330 g/mol. The van der Waals surface area contributed by atoms with Crippen molar-refractivity contribution < 1.29 is 19.7 Å². The second-order valence-electron chi connectivity index (χ2n) is 6.85. The van der Waals surface area contributed by atoms with Crippen LogP contribution in [-0.2, 0) is 21.7 Å². The second kappa shape index (κ2) is 7.99. The molecule has 0 aromatic heterocycles. The van der Waals surface area contributed by atoms with Crippen LogP contribution in [0.5, 0.6) is 0 Å². The molecule has 1 fully saturated rings. The number of aliphatic hydroxyl groups is 1. The molecule has 1 aliphatic heterocycles. The van der Waals surface area contributed by atoms with Crippen LogP contribution < -0.4 is 0 Å². The summed E-state index contributed by atoms with van der Waals surface area (Å²) in [6.45, 7) is 1.50. The summed E-state index contributed by atoms with van der Waals surface area (Å²) in [5.41, 5.74) is 1.71. The smallest absolute Gasteiger partial charge is 0.325 e. The van der Waals surface area contributed by atoms with Crippen molar-refractivity contribution in [2.24, 2.45) is 0 Å². The molecule has 2 N–H and O–H groups in total. The molecule has 0 spiro atoms. The molecule has 5 nitrogen and oxygen atoms in total. The number of hydrogen-bond donors (Lipinski definition) is 2. The predicted octanol–water partition coefficient (Wildman–Crippen LogP) is 2.94. The molecule has 1 saturated heterocycles. The van der Waals surface area contributed by atoms with Gasteiger partial charge in [0.05, 0.1) is 12.2 Å². The molecule has 0 bridgehead atoms. The highest BCUT2D eigenvalue weighted by Gasteiger charge is 2.38. The molecule has 1 atom stereocenters. The molecule has 1 aliphatic rings. The van der Waals surface area contributed by atoms with E-state index in [0.717, 1.165) is 16.7 Å². The summed E-state index contributed by atoms with van der Waals surface area (Å²) < 4.78 is 5.15. The fourth-order valence-corrected chi connectivity index (χ4v) is 3.72. The van der Waals surface area contributed by atoms with E-state index in [1.54, 1.807) is 7.11 Å². The monoisotopic (exact) mass is 355 g/mol. The number of likely N-dealkylation sites (tertiary alicyclic amines) is 1. The third-order valence-electron chi connectivity index (χ3n) is 5.11. The minimum Gasteiger partial charge on any atom is -0.480 e. The molecule has 5 heteroatoms. The number of aliphatic carboxylic acids is 1. The zero-order valence-corrected chi connectivity index (χ0v) is 15.0. The number of carboxylic acid groups (broad SMARTS) is 1. The third kappa shape index (κ3) is 3.96. The van der Waals surface area contributed by atoms with E-state index in [9.17, 15) is 15.0 Å². The van der Waals surface area contributed by atoms with Crippen LogP contribution in [0.2, 0.25) is 0 Å². The minimum atomic E-state index is -0.890. The Labute approximate surface area is 153 Å². The van der Waals surface area contributed by atoms with Crippen molar-refractivity contribution in [1.82, 2.24) is 4.90 Å². The highest BCUT2D eigenvalue weighted by atomic mass is 16.5. The summed E-state index contributed by atoms with van der Waals surface area (Å²) in [5.74, 6) is -0.871. The highest BCUT2D eigenvalue weighted by Crippen LogP contribution is 2.36. The Hall–Kier alpha value is -2.21. The Balaban J connectivity index is 1.77. The number of hydrogen-bond acceptors (Lipinski definition) is 4. The fraction of sp³-hybridized carbons (Fsp3) is 0.381. The van der Waals surface area contributed by atoms with E-state index < -0.39 is 17.6 Å². The number of rotatable bonds is 6. The first kappa shape index (κ1) is 18.6. The van der Waals surface area contributed by atoms with E-state index in [1.165, 1.54) is 0 Å². The van der Waals surface area contributed by atoms with E-state index in [-0.39, 0.29) is 0 Å². The zero-order chi connectivity index (χ0) is 18.6. The average Bonchev–Trinajstić information content (AvgIpc) is 2.65. The lowest BCUT2D eigenvalue weighted by molar-refractivity contribution is -0.146. The lowest BCUT2D eigenvalue weighted by Crippen LogP contribution is -2.46. The van der Waals surface area contributed by atoms with Crippen molar-refractivity contribution in [3.8, 4) is 0 Å². The number of benzene rings is 2. The molecule has 2 aromatic carbocycles. The summed E-state index contributed by atoms with van der Waals surface area (Å²) >= 11 is 0. The van der Waals surface area contributed by atoms with Crippen LogP contribution in [0.15, 0.2) is 54.6 Å². The molecule has 0 aliphatic carbocycles. The van der Waals surface area contributed by atoms with Crippen molar-refractivity contribution in [3.63, 3.8) is 0 Å². The molecule has 2 aromatic rings. The van der Waals surface area contributed by atoms with E-state index in [4.69, 9.17) is 4.74 Å². The van der Waals surface area contributed by atoms with Gasteiger partial charge in [0.15, 0.2) is 0 Å². The molecule has 26 heavy (non-hydrogen) atoms. The third-order valence-corrected chi connectivity index (χ3v) is 5.11. The maximum absolute atomic E-state index is 12.0. The quantitative estimate of drug-likeness (QED) is 0.834. The molecule has 1 heterocycles. The largest absolute Gasteiger partial charge is 0.480 e. The van der Waals surface area contributed by atoms with Crippen molar-refractivity contribution in [2.45, 2.75) is 31.1 Å². The molecular formula is C21H25NO4. The summed E-state index contributed by atoms with van der Waals surface area (Å²) in [6, 6.07) is 16.4. The maximum Gasteiger partial charge on any atom is 0.325 e. The van der Waals surface area contributed by atoms with Gasteiger partial charge in [-0.1, -0.05) is 54.6 Å². The summed E-state index contributed by atoms with van der Waals surface area (Å²) in [4.78, 5) is 13.9. The van der Waals surface area contributed by atoms with Crippen molar-refractivity contribution in [1.29, 1.82) is 0 Å². The van der Waals surface area contributed by atoms with Crippen LogP contribution in [0.25, 0.3) is 0 Å².